The average Bonchev–Trinajstić information content (AvgIpc) is 2.62. The molecular weight excluding hydrogens is 339 g/mol. The van der Waals surface area contributed by atoms with E-state index in [-0.39, 0.29) is 17.8 Å². The number of methoxy groups -OCH3 is 1. The maximum absolute atomic E-state index is 13.6. The Hall–Kier alpha value is -2.94. The first kappa shape index (κ1) is 18.4. The molecule has 0 spiro atoms. The Kier molecular flexibility index (Phi) is 6.07. The number of ether oxygens (including phenoxy) is 1. The fraction of sp³-hybridized carbons (Fsp3) is 0.188. The monoisotopic (exact) mass is 353 g/mol. The van der Waals surface area contributed by atoms with Crippen LogP contribution < -0.4 is 10.6 Å². The SMILES string of the molecule is COCCNC(=O)c1cc(C(=O)Nc2ccc(F)c(F)c2F)ccn1. The van der Waals surface area contributed by atoms with Crippen LogP contribution in [-0.2, 0) is 4.74 Å². The van der Waals surface area contributed by atoms with E-state index in [9.17, 15) is 22.8 Å². The van der Waals surface area contributed by atoms with Crippen molar-refractivity contribution in [2.24, 2.45) is 0 Å². The van der Waals surface area contributed by atoms with Gasteiger partial charge in [0.2, 0.25) is 0 Å². The molecule has 2 rings (SSSR count). The molecule has 2 aromatic rings. The van der Waals surface area contributed by atoms with Crippen molar-refractivity contribution in [1.29, 1.82) is 0 Å². The Labute approximate surface area is 141 Å². The van der Waals surface area contributed by atoms with Gasteiger partial charge in [-0.2, -0.15) is 0 Å². The third-order valence-electron chi connectivity index (χ3n) is 3.13. The second-order valence-electron chi connectivity index (χ2n) is 4.86. The number of amides is 2. The molecule has 1 heterocycles. The number of rotatable bonds is 6. The van der Waals surface area contributed by atoms with Crippen molar-refractivity contribution in [3.63, 3.8) is 0 Å². The summed E-state index contributed by atoms with van der Waals surface area (Å²) in [5.41, 5.74) is -0.558. The molecule has 0 bridgehead atoms. The van der Waals surface area contributed by atoms with E-state index < -0.39 is 35.0 Å². The molecule has 0 aliphatic carbocycles. The van der Waals surface area contributed by atoms with Gasteiger partial charge in [-0.25, -0.2) is 13.2 Å². The highest BCUT2D eigenvalue weighted by Gasteiger charge is 2.17. The number of anilines is 1. The Morgan fingerprint density at radius 2 is 1.88 bits per heavy atom. The molecule has 0 saturated carbocycles. The van der Waals surface area contributed by atoms with Gasteiger partial charge in [-0.15, -0.1) is 0 Å². The summed E-state index contributed by atoms with van der Waals surface area (Å²) in [5, 5.41) is 4.64. The highest BCUT2D eigenvalue weighted by molar-refractivity contribution is 6.05. The molecule has 1 aromatic heterocycles. The lowest BCUT2D eigenvalue weighted by Gasteiger charge is -2.08. The molecule has 0 radical (unpaired) electrons. The molecule has 132 valence electrons. The van der Waals surface area contributed by atoms with Gasteiger partial charge in [-0.3, -0.25) is 14.6 Å². The summed E-state index contributed by atoms with van der Waals surface area (Å²) in [6.45, 7) is 0.564. The second-order valence-corrected chi connectivity index (χ2v) is 4.86. The summed E-state index contributed by atoms with van der Waals surface area (Å²) >= 11 is 0. The van der Waals surface area contributed by atoms with E-state index in [0.717, 1.165) is 6.07 Å². The van der Waals surface area contributed by atoms with E-state index in [1.807, 2.05) is 0 Å². The molecule has 2 N–H and O–H groups in total. The lowest BCUT2D eigenvalue weighted by Crippen LogP contribution is -2.28. The van der Waals surface area contributed by atoms with Crippen molar-refractivity contribution in [2.45, 2.75) is 0 Å². The highest BCUT2D eigenvalue weighted by Crippen LogP contribution is 2.20. The van der Waals surface area contributed by atoms with Crippen LogP contribution in [0.25, 0.3) is 0 Å². The van der Waals surface area contributed by atoms with Gasteiger partial charge >= 0.3 is 0 Å². The van der Waals surface area contributed by atoms with Crippen molar-refractivity contribution in [1.82, 2.24) is 10.3 Å². The van der Waals surface area contributed by atoms with Crippen molar-refractivity contribution in [3.05, 3.63) is 59.2 Å². The molecule has 0 unspecified atom stereocenters. The first-order chi connectivity index (χ1) is 11.9. The number of carbonyl (C=O) groups is 2. The standard InChI is InChI=1S/C16H14F3N3O3/c1-25-7-6-21-16(24)12-8-9(4-5-20-12)15(23)22-11-3-2-10(17)13(18)14(11)19/h2-5,8H,6-7H2,1H3,(H,21,24)(H,22,23). The maximum Gasteiger partial charge on any atom is 0.269 e. The number of hydrogen-bond donors (Lipinski definition) is 2. The average molecular weight is 353 g/mol. The van der Waals surface area contributed by atoms with Crippen molar-refractivity contribution in [3.8, 4) is 0 Å². The minimum atomic E-state index is -1.69. The van der Waals surface area contributed by atoms with E-state index >= 15 is 0 Å². The number of pyridine rings is 1. The predicted octanol–water partition coefficient (Wildman–Crippen LogP) is 2.13. The summed E-state index contributed by atoms with van der Waals surface area (Å²) in [6, 6.07) is 4.06. The van der Waals surface area contributed by atoms with Gasteiger partial charge in [0.05, 0.1) is 12.3 Å². The van der Waals surface area contributed by atoms with Crippen LogP contribution in [0.4, 0.5) is 18.9 Å². The minimum absolute atomic E-state index is 0.00368. The molecule has 0 saturated heterocycles. The number of aromatic nitrogens is 1. The lowest BCUT2D eigenvalue weighted by atomic mass is 10.2. The van der Waals surface area contributed by atoms with Gasteiger partial charge in [-0.1, -0.05) is 0 Å². The zero-order chi connectivity index (χ0) is 18.4. The zero-order valence-electron chi connectivity index (χ0n) is 13.1. The van der Waals surface area contributed by atoms with Gasteiger partial charge in [0.15, 0.2) is 17.5 Å². The second kappa shape index (κ2) is 8.25. The Bertz CT molecular complexity index is 799. The Morgan fingerprint density at radius 3 is 2.60 bits per heavy atom. The summed E-state index contributed by atoms with van der Waals surface area (Å²) in [4.78, 5) is 27.8. The fourth-order valence-corrected chi connectivity index (χ4v) is 1.87. The maximum atomic E-state index is 13.6. The van der Waals surface area contributed by atoms with Gasteiger partial charge in [0, 0.05) is 25.4 Å². The number of nitrogens with one attached hydrogen (secondary N) is 2. The quantitative estimate of drug-likeness (QED) is 0.616. The number of benzene rings is 1. The van der Waals surface area contributed by atoms with Crippen LogP contribution in [0.5, 0.6) is 0 Å². The Balaban J connectivity index is 2.14. The number of carbonyl (C=O) groups excluding carboxylic acids is 2. The van der Waals surface area contributed by atoms with Crippen LogP contribution in [0.1, 0.15) is 20.8 Å². The highest BCUT2D eigenvalue weighted by atomic mass is 19.2. The molecule has 0 aliphatic heterocycles. The van der Waals surface area contributed by atoms with Crippen LogP contribution in [0.15, 0.2) is 30.5 Å². The molecule has 25 heavy (non-hydrogen) atoms. The molecule has 2 amide bonds. The summed E-state index contributed by atoms with van der Waals surface area (Å²) in [5.74, 6) is -5.90. The van der Waals surface area contributed by atoms with E-state index in [4.69, 9.17) is 4.74 Å². The van der Waals surface area contributed by atoms with Gasteiger partial charge < -0.3 is 15.4 Å². The summed E-state index contributed by atoms with van der Waals surface area (Å²) in [6.07, 6.45) is 1.22. The first-order valence-electron chi connectivity index (χ1n) is 7.12. The molecule has 9 heteroatoms. The number of hydrogen-bond acceptors (Lipinski definition) is 4. The van der Waals surface area contributed by atoms with Crippen LogP contribution in [0.3, 0.4) is 0 Å². The third kappa shape index (κ3) is 4.54. The predicted molar refractivity (Wildman–Crippen MR) is 82.7 cm³/mol. The molecular formula is C16H14F3N3O3. The minimum Gasteiger partial charge on any atom is -0.383 e. The van der Waals surface area contributed by atoms with E-state index in [1.54, 1.807) is 0 Å². The molecule has 0 fully saturated rings. The van der Waals surface area contributed by atoms with Gasteiger partial charge in [0.1, 0.15) is 5.69 Å². The molecule has 1 aromatic carbocycles. The van der Waals surface area contributed by atoms with E-state index in [0.29, 0.717) is 12.7 Å². The normalized spacial score (nSPS) is 10.4. The Morgan fingerprint density at radius 1 is 1.12 bits per heavy atom. The van der Waals surface area contributed by atoms with Crippen LogP contribution in [0, 0.1) is 17.5 Å². The van der Waals surface area contributed by atoms with Crippen molar-refractivity contribution >= 4 is 17.5 Å². The molecule has 0 aliphatic rings. The van der Waals surface area contributed by atoms with E-state index in [1.165, 1.54) is 25.4 Å². The smallest absolute Gasteiger partial charge is 0.269 e. The van der Waals surface area contributed by atoms with E-state index in [2.05, 4.69) is 15.6 Å². The lowest BCUT2D eigenvalue weighted by molar-refractivity contribution is 0.0932. The van der Waals surface area contributed by atoms with Gasteiger partial charge in [-0.05, 0) is 24.3 Å². The molecule has 6 nitrogen and oxygen atoms in total. The number of halogens is 3. The van der Waals surface area contributed by atoms with Crippen molar-refractivity contribution < 1.29 is 27.5 Å². The third-order valence-corrected chi connectivity index (χ3v) is 3.13. The number of nitrogens with zero attached hydrogens (tertiary/aromatic N) is 1. The zero-order valence-corrected chi connectivity index (χ0v) is 13.1. The largest absolute Gasteiger partial charge is 0.383 e. The van der Waals surface area contributed by atoms with Gasteiger partial charge in [0.25, 0.3) is 11.8 Å². The van der Waals surface area contributed by atoms with Crippen LogP contribution in [0.2, 0.25) is 0 Å². The first-order valence-corrected chi connectivity index (χ1v) is 7.12. The van der Waals surface area contributed by atoms with Crippen LogP contribution in [-0.4, -0.2) is 37.1 Å². The summed E-state index contributed by atoms with van der Waals surface area (Å²) < 4.78 is 44.5. The van der Waals surface area contributed by atoms with Crippen molar-refractivity contribution in [2.75, 3.05) is 25.6 Å². The van der Waals surface area contributed by atoms with Crippen LogP contribution >= 0.6 is 0 Å². The summed E-state index contributed by atoms with van der Waals surface area (Å²) in [7, 11) is 1.48. The fourth-order valence-electron chi connectivity index (χ4n) is 1.87. The topological polar surface area (TPSA) is 80.3 Å². The molecule has 0 atom stereocenters.